The first-order valence-corrected chi connectivity index (χ1v) is 5.14. The molecule has 80 valence electrons. The second-order valence-electron chi connectivity index (χ2n) is 3.40. The molecule has 0 aliphatic carbocycles. The zero-order valence-electron chi connectivity index (χ0n) is 8.35. The van der Waals surface area contributed by atoms with Crippen molar-refractivity contribution in [1.29, 1.82) is 0 Å². The number of carboxylic acids is 1. The molecule has 0 amide bonds. The molecule has 0 fully saturated rings. The zero-order chi connectivity index (χ0) is 11.5. The topological polar surface area (TPSA) is 37.3 Å². The van der Waals surface area contributed by atoms with Crippen LogP contribution in [-0.2, 0) is 4.79 Å². The molecule has 2 aromatic rings. The van der Waals surface area contributed by atoms with Crippen LogP contribution in [0.5, 0.6) is 0 Å². The average Bonchev–Trinajstić information content (AvgIpc) is 2.28. The number of fused-ring (bicyclic) bond motifs is 1. The van der Waals surface area contributed by atoms with Crippen LogP contribution in [0.4, 0.5) is 0 Å². The highest BCUT2D eigenvalue weighted by Gasteiger charge is 2.02. The third-order valence-electron chi connectivity index (χ3n) is 2.27. The molecule has 0 radical (unpaired) electrons. The van der Waals surface area contributed by atoms with E-state index < -0.39 is 5.97 Å². The van der Waals surface area contributed by atoms with Gasteiger partial charge in [0, 0.05) is 0 Å². The van der Waals surface area contributed by atoms with Crippen LogP contribution < -0.4 is 0 Å². The molecule has 0 saturated carbocycles. The minimum atomic E-state index is -1.12. The van der Waals surface area contributed by atoms with Crippen molar-refractivity contribution >= 4 is 34.4 Å². The summed E-state index contributed by atoms with van der Waals surface area (Å²) in [6, 6.07) is 13.6. The van der Waals surface area contributed by atoms with Crippen molar-refractivity contribution in [2.75, 3.05) is 0 Å². The number of carbonyl (C=O) groups is 1. The molecular formula is C13H9ClO2. The number of aliphatic carboxylic acids is 1. The summed E-state index contributed by atoms with van der Waals surface area (Å²) in [6.07, 6.45) is 1.44. The minimum absolute atomic E-state index is 0.185. The molecule has 0 unspecified atom stereocenters. The van der Waals surface area contributed by atoms with Crippen LogP contribution in [0.15, 0.2) is 47.5 Å². The van der Waals surface area contributed by atoms with Gasteiger partial charge >= 0.3 is 5.97 Å². The van der Waals surface area contributed by atoms with E-state index in [0.717, 1.165) is 16.3 Å². The van der Waals surface area contributed by atoms with E-state index in [2.05, 4.69) is 0 Å². The first kappa shape index (κ1) is 10.7. The third-order valence-corrected chi connectivity index (χ3v) is 2.54. The summed E-state index contributed by atoms with van der Waals surface area (Å²) in [4.78, 5) is 10.6. The van der Waals surface area contributed by atoms with Crippen molar-refractivity contribution < 1.29 is 9.90 Å². The Hall–Kier alpha value is -1.80. The molecule has 1 N–H and O–H groups in total. The van der Waals surface area contributed by atoms with Gasteiger partial charge in [0.1, 0.15) is 5.03 Å². The minimum Gasteiger partial charge on any atom is -0.477 e. The smallest absolute Gasteiger partial charge is 0.347 e. The van der Waals surface area contributed by atoms with Crippen LogP contribution in [0.25, 0.3) is 16.8 Å². The number of halogens is 1. The number of carboxylic acid groups (broad SMARTS) is 1. The fourth-order valence-electron chi connectivity index (χ4n) is 1.51. The Morgan fingerprint density at radius 2 is 1.81 bits per heavy atom. The lowest BCUT2D eigenvalue weighted by Crippen LogP contribution is -1.92. The van der Waals surface area contributed by atoms with E-state index in [0.29, 0.717) is 0 Å². The summed E-state index contributed by atoms with van der Waals surface area (Å²) >= 11 is 5.56. The Labute approximate surface area is 97.8 Å². The molecule has 0 spiro atoms. The van der Waals surface area contributed by atoms with E-state index >= 15 is 0 Å². The van der Waals surface area contributed by atoms with Gasteiger partial charge in [0.05, 0.1) is 0 Å². The van der Waals surface area contributed by atoms with E-state index in [9.17, 15) is 4.79 Å². The van der Waals surface area contributed by atoms with E-state index in [-0.39, 0.29) is 5.03 Å². The Morgan fingerprint density at radius 1 is 1.12 bits per heavy atom. The molecule has 2 aromatic carbocycles. The van der Waals surface area contributed by atoms with E-state index in [4.69, 9.17) is 16.7 Å². The van der Waals surface area contributed by atoms with Crippen molar-refractivity contribution in [3.05, 3.63) is 53.1 Å². The maximum absolute atomic E-state index is 10.6. The van der Waals surface area contributed by atoms with Crippen LogP contribution >= 0.6 is 11.6 Å². The van der Waals surface area contributed by atoms with Crippen LogP contribution in [0, 0.1) is 0 Å². The highest BCUT2D eigenvalue weighted by atomic mass is 35.5. The lowest BCUT2D eigenvalue weighted by atomic mass is 10.1. The summed E-state index contributed by atoms with van der Waals surface area (Å²) in [5.74, 6) is -1.12. The summed E-state index contributed by atoms with van der Waals surface area (Å²) in [5.41, 5.74) is 0.783. The average molecular weight is 233 g/mol. The van der Waals surface area contributed by atoms with E-state index in [1.165, 1.54) is 6.08 Å². The van der Waals surface area contributed by atoms with Crippen LogP contribution in [0.3, 0.4) is 0 Å². The second kappa shape index (κ2) is 4.37. The Bertz CT molecular complexity index is 573. The number of hydrogen-bond acceptors (Lipinski definition) is 1. The first-order chi connectivity index (χ1) is 7.66. The highest BCUT2D eigenvalue weighted by molar-refractivity contribution is 6.43. The summed E-state index contributed by atoms with van der Waals surface area (Å²) in [5, 5.41) is 10.6. The SMILES string of the molecule is O=C(O)/C(Cl)=C/c1ccc2ccccc2c1. The quantitative estimate of drug-likeness (QED) is 0.805. The third kappa shape index (κ3) is 2.23. The molecular weight excluding hydrogens is 224 g/mol. The van der Waals surface area contributed by atoms with Gasteiger partial charge in [-0.1, -0.05) is 48.0 Å². The fourth-order valence-corrected chi connectivity index (χ4v) is 1.63. The maximum atomic E-state index is 10.6. The summed E-state index contributed by atoms with van der Waals surface area (Å²) in [7, 11) is 0. The number of hydrogen-bond donors (Lipinski definition) is 1. The lowest BCUT2D eigenvalue weighted by molar-refractivity contribution is -0.131. The largest absolute Gasteiger partial charge is 0.477 e. The van der Waals surface area contributed by atoms with Gasteiger partial charge < -0.3 is 5.11 Å². The van der Waals surface area contributed by atoms with Gasteiger partial charge in [-0.2, -0.15) is 0 Å². The van der Waals surface area contributed by atoms with Crippen LogP contribution in [-0.4, -0.2) is 11.1 Å². The van der Waals surface area contributed by atoms with E-state index in [1.54, 1.807) is 0 Å². The Morgan fingerprint density at radius 3 is 2.50 bits per heavy atom. The van der Waals surface area contributed by atoms with Crippen molar-refractivity contribution in [3.8, 4) is 0 Å². The molecule has 0 saturated heterocycles. The maximum Gasteiger partial charge on any atom is 0.347 e. The predicted octanol–water partition coefficient (Wildman–Crippen LogP) is 3.50. The van der Waals surface area contributed by atoms with Crippen molar-refractivity contribution in [3.63, 3.8) is 0 Å². The van der Waals surface area contributed by atoms with Crippen molar-refractivity contribution in [1.82, 2.24) is 0 Å². The fraction of sp³-hybridized carbons (Fsp3) is 0. The standard InChI is InChI=1S/C13H9ClO2/c14-12(13(15)16)8-9-5-6-10-3-1-2-4-11(10)7-9/h1-8H,(H,15,16)/b12-8-. The van der Waals surface area contributed by atoms with Gasteiger partial charge in [-0.3, -0.25) is 0 Å². The van der Waals surface area contributed by atoms with Crippen LogP contribution in [0.2, 0.25) is 0 Å². The molecule has 16 heavy (non-hydrogen) atoms. The van der Waals surface area contributed by atoms with Gasteiger partial charge in [0.2, 0.25) is 0 Å². The summed E-state index contributed by atoms with van der Waals surface area (Å²) < 4.78 is 0. The number of rotatable bonds is 2. The molecule has 0 aromatic heterocycles. The molecule has 0 heterocycles. The monoisotopic (exact) mass is 232 g/mol. The number of benzene rings is 2. The molecule has 0 bridgehead atoms. The molecule has 3 heteroatoms. The predicted molar refractivity (Wildman–Crippen MR) is 65.4 cm³/mol. The second-order valence-corrected chi connectivity index (χ2v) is 3.81. The molecule has 0 atom stereocenters. The summed E-state index contributed by atoms with van der Waals surface area (Å²) in [6.45, 7) is 0. The van der Waals surface area contributed by atoms with Crippen molar-refractivity contribution in [2.24, 2.45) is 0 Å². The van der Waals surface area contributed by atoms with E-state index in [1.807, 2.05) is 42.5 Å². The normalized spacial score (nSPS) is 11.7. The first-order valence-electron chi connectivity index (χ1n) is 4.76. The molecule has 0 aliphatic rings. The highest BCUT2D eigenvalue weighted by Crippen LogP contribution is 2.18. The zero-order valence-corrected chi connectivity index (χ0v) is 9.11. The molecule has 2 rings (SSSR count). The van der Waals surface area contributed by atoms with Gasteiger partial charge in [-0.25, -0.2) is 4.79 Å². The van der Waals surface area contributed by atoms with Gasteiger partial charge in [-0.05, 0) is 28.5 Å². The molecule has 2 nitrogen and oxygen atoms in total. The van der Waals surface area contributed by atoms with Crippen molar-refractivity contribution in [2.45, 2.75) is 0 Å². The Kier molecular flexibility index (Phi) is 2.93. The van der Waals surface area contributed by atoms with Gasteiger partial charge in [0.25, 0.3) is 0 Å². The lowest BCUT2D eigenvalue weighted by Gasteiger charge is -1.99. The molecule has 0 aliphatic heterocycles. The Balaban J connectivity index is 2.47. The van der Waals surface area contributed by atoms with Gasteiger partial charge in [0.15, 0.2) is 0 Å². The van der Waals surface area contributed by atoms with Crippen LogP contribution in [0.1, 0.15) is 5.56 Å². The van der Waals surface area contributed by atoms with Gasteiger partial charge in [-0.15, -0.1) is 0 Å².